The van der Waals surface area contributed by atoms with Gasteiger partial charge in [0, 0.05) is 29.6 Å². The topological polar surface area (TPSA) is 36.1 Å². The quantitative estimate of drug-likeness (QED) is 0.732. The minimum Gasteiger partial charge on any atom is -0.349 e. The average molecular weight is 341 g/mol. The van der Waals surface area contributed by atoms with Gasteiger partial charge in [0.25, 0.3) is 5.91 Å². The fraction of sp³-hybridized carbons (Fsp3) is 0.105. The van der Waals surface area contributed by atoms with Gasteiger partial charge in [-0.2, -0.15) is 0 Å². The molecule has 3 aromatic rings. The molecule has 1 amide bonds. The molecule has 1 aliphatic rings. The lowest BCUT2D eigenvalue weighted by Crippen LogP contribution is -2.29. The Morgan fingerprint density at radius 1 is 1.12 bits per heavy atom. The van der Waals surface area contributed by atoms with Crippen molar-refractivity contribution in [2.45, 2.75) is 0 Å². The van der Waals surface area contributed by atoms with E-state index >= 15 is 0 Å². The molecule has 1 aromatic heterocycles. The average Bonchev–Trinajstić information content (AvgIpc) is 3.21. The summed E-state index contributed by atoms with van der Waals surface area (Å²) in [6.07, 6.45) is 1.88. The molecule has 0 fully saturated rings. The summed E-state index contributed by atoms with van der Waals surface area (Å²) in [5, 5.41) is 1.25. The summed E-state index contributed by atoms with van der Waals surface area (Å²) < 4.78 is 13.9. The number of rotatable bonds is 2. The Kier molecular flexibility index (Phi) is 3.62. The smallest absolute Gasteiger partial charge is 0.272 e. The number of aromatic amines is 1. The molecule has 0 unspecified atom stereocenters. The minimum absolute atomic E-state index is 0.182. The van der Waals surface area contributed by atoms with Gasteiger partial charge in [-0.25, -0.2) is 4.39 Å². The second-order valence-electron chi connectivity index (χ2n) is 5.75. The number of H-pyrrole nitrogens is 1. The van der Waals surface area contributed by atoms with Crippen LogP contribution in [0.4, 0.5) is 4.39 Å². The standard InChI is InChI=1S/C19H14ClFN2O/c20-17-14-6-2-4-8-16(14)22-18(17)19(24)23-10-9-12(11-23)13-5-1-3-7-15(13)21/h1-9,22H,10-11H2. The van der Waals surface area contributed by atoms with Crippen molar-refractivity contribution in [2.24, 2.45) is 0 Å². The zero-order valence-corrected chi connectivity index (χ0v) is 13.5. The second kappa shape index (κ2) is 5.80. The third-order valence-corrected chi connectivity index (χ3v) is 4.68. The van der Waals surface area contributed by atoms with Crippen LogP contribution in [0.2, 0.25) is 5.02 Å². The molecule has 0 saturated carbocycles. The van der Waals surface area contributed by atoms with Crippen molar-refractivity contribution in [3.63, 3.8) is 0 Å². The molecule has 120 valence electrons. The number of hydrogen-bond acceptors (Lipinski definition) is 1. The maximum Gasteiger partial charge on any atom is 0.272 e. The fourth-order valence-electron chi connectivity index (χ4n) is 3.04. The number of nitrogens with one attached hydrogen (secondary N) is 1. The van der Waals surface area contributed by atoms with Crippen molar-refractivity contribution >= 4 is 34.0 Å². The van der Waals surface area contributed by atoms with Crippen LogP contribution < -0.4 is 0 Å². The second-order valence-corrected chi connectivity index (χ2v) is 6.13. The SMILES string of the molecule is O=C(c1[nH]c2ccccc2c1Cl)N1CC=C(c2ccccc2F)C1. The summed E-state index contributed by atoms with van der Waals surface area (Å²) in [7, 11) is 0. The molecule has 24 heavy (non-hydrogen) atoms. The van der Waals surface area contributed by atoms with Crippen molar-refractivity contribution in [3.8, 4) is 0 Å². The first kappa shape index (κ1) is 15.0. The lowest BCUT2D eigenvalue weighted by atomic mass is 10.1. The van der Waals surface area contributed by atoms with Gasteiger partial charge in [0.05, 0.1) is 5.02 Å². The van der Waals surface area contributed by atoms with Crippen LogP contribution in [0.1, 0.15) is 16.1 Å². The monoisotopic (exact) mass is 340 g/mol. The molecule has 3 nitrogen and oxygen atoms in total. The predicted molar refractivity (Wildman–Crippen MR) is 93.6 cm³/mol. The highest BCUT2D eigenvalue weighted by molar-refractivity contribution is 6.38. The van der Waals surface area contributed by atoms with Crippen LogP contribution in [0.3, 0.4) is 0 Å². The minimum atomic E-state index is -0.276. The van der Waals surface area contributed by atoms with Gasteiger partial charge in [0.15, 0.2) is 0 Å². The summed E-state index contributed by atoms with van der Waals surface area (Å²) in [5.74, 6) is -0.458. The number of carbonyl (C=O) groups is 1. The Morgan fingerprint density at radius 2 is 1.88 bits per heavy atom. The highest BCUT2D eigenvalue weighted by Crippen LogP contribution is 2.30. The maximum absolute atomic E-state index is 13.9. The first-order valence-corrected chi connectivity index (χ1v) is 8.02. The molecule has 0 saturated heterocycles. The van der Waals surface area contributed by atoms with Crippen molar-refractivity contribution < 1.29 is 9.18 Å². The summed E-state index contributed by atoms with van der Waals surface area (Å²) >= 11 is 6.35. The van der Waals surface area contributed by atoms with Crippen LogP contribution >= 0.6 is 11.6 Å². The highest BCUT2D eigenvalue weighted by Gasteiger charge is 2.26. The fourth-order valence-corrected chi connectivity index (χ4v) is 3.33. The van der Waals surface area contributed by atoms with Crippen LogP contribution in [0.25, 0.3) is 16.5 Å². The molecule has 2 heterocycles. The van der Waals surface area contributed by atoms with Crippen molar-refractivity contribution in [1.29, 1.82) is 0 Å². The Bertz CT molecular complexity index is 976. The van der Waals surface area contributed by atoms with Crippen molar-refractivity contribution in [1.82, 2.24) is 9.88 Å². The van der Waals surface area contributed by atoms with Gasteiger partial charge in [0.2, 0.25) is 0 Å². The van der Waals surface area contributed by atoms with E-state index in [1.165, 1.54) is 6.07 Å². The third-order valence-electron chi connectivity index (χ3n) is 4.28. The van der Waals surface area contributed by atoms with E-state index in [-0.39, 0.29) is 11.7 Å². The maximum atomic E-state index is 13.9. The zero-order valence-electron chi connectivity index (χ0n) is 12.7. The number of para-hydroxylation sites is 1. The molecule has 0 spiro atoms. The van der Waals surface area contributed by atoms with Gasteiger partial charge in [-0.15, -0.1) is 0 Å². The first-order valence-electron chi connectivity index (χ1n) is 7.64. The van der Waals surface area contributed by atoms with Gasteiger partial charge >= 0.3 is 0 Å². The molecule has 0 radical (unpaired) electrons. The molecule has 0 bridgehead atoms. The van der Waals surface area contributed by atoms with Gasteiger partial charge in [0.1, 0.15) is 11.5 Å². The normalized spacial score (nSPS) is 14.2. The van der Waals surface area contributed by atoms with Crippen LogP contribution in [0.15, 0.2) is 54.6 Å². The van der Waals surface area contributed by atoms with Crippen molar-refractivity contribution in [3.05, 3.63) is 76.7 Å². The van der Waals surface area contributed by atoms with Gasteiger partial charge in [-0.3, -0.25) is 4.79 Å². The first-order chi connectivity index (χ1) is 11.6. The van der Waals surface area contributed by atoms with Crippen molar-refractivity contribution in [2.75, 3.05) is 13.1 Å². The summed E-state index contributed by atoms with van der Waals surface area (Å²) in [6.45, 7) is 0.805. The molecule has 4 rings (SSSR count). The molecule has 1 N–H and O–H groups in total. The number of benzene rings is 2. The Labute approximate surface area is 143 Å². The van der Waals surface area contributed by atoms with Crippen LogP contribution in [0.5, 0.6) is 0 Å². The largest absolute Gasteiger partial charge is 0.349 e. The molecule has 2 aromatic carbocycles. The predicted octanol–water partition coefficient (Wildman–Crippen LogP) is 4.50. The van der Waals surface area contributed by atoms with E-state index in [0.717, 1.165) is 16.5 Å². The summed E-state index contributed by atoms with van der Waals surface area (Å²) in [5.41, 5.74) is 2.55. The lowest BCUT2D eigenvalue weighted by molar-refractivity contribution is 0.0797. The van der Waals surface area contributed by atoms with Crippen LogP contribution in [-0.4, -0.2) is 28.9 Å². The number of aromatic nitrogens is 1. The van der Waals surface area contributed by atoms with E-state index in [1.54, 1.807) is 23.1 Å². The van der Waals surface area contributed by atoms with E-state index in [1.807, 2.05) is 30.3 Å². The molecular formula is C19H14ClFN2O. The Balaban J connectivity index is 1.60. The number of amides is 1. The highest BCUT2D eigenvalue weighted by atomic mass is 35.5. The third kappa shape index (κ3) is 2.39. The van der Waals surface area contributed by atoms with E-state index in [9.17, 15) is 9.18 Å². The molecule has 5 heteroatoms. The van der Waals surface area contributed by atoms with E-state index in [0.29, 0.717) is 29.4 Å². The Hall–Kier alpha value is -2.59. The number of halogens is 2. The zero-order chi connectivity index (χ0) is 16.7. The van der Waals surface area contributed by atoms with E-state index < -0.39 is 0 Å². The van der Waals surface area contributed by atoms with Gasteiger partial charge in [-0.1, -0.05) is 54.1 Å². The molecule has 1 aliphatic heterocycles. The van der Waals surface area contributed by atoms with Crippen LogP contribution in [0, 0.1) is 5.82 Å². The Morgan fingerprint density at radius 3 is 2.67 bits per heavy atom. The number of carbonyl (C=O) groups excluding carboxylic acids is 1. The molecule has 0 aliphatic carbocycles. The van der Waals surface area contributed by atoms with Crippen LogP contribution in [-0.2, 0) is 0 Å². The van der Waals surface area contributed by atoms with E-state index in [4.69, 9.17) is 11.6 Å². The number of nitrogens with zero attached hydrogens (tertiary/aromatic N) is 1. The summed E-state index contributed by atoms with van der Waals surface area (Å²) in [4.78, 5) is 17.5. The molecular weight excluding hydrogens is 327 g/mol. The molecule has 0 atom stereocenters. The summed E-state index contributed by atoms with van der Waals surface area (Å²) in [6, 6.07) is 14.1. The number of fused-ring (bicyclic) bond motifs is 1. The van der Waals surface area contributed by atoms with Gasteiger partial charge in [-0.05, 0) is 17.7 Å². The van der Waals surface area contributed by atoms with Gasteiger partial charge < -0.3 is 9.88 Å². The van der Waals surface area contributed by atoms with E-state index in [2.05, 4.69) is 4.98 Å². The lowest BCUT2D eigenvalue weighted by Gasteiger charge is -2.16. The number of hydrogen-bond donors (Lipinski definition) is 1.